The predicted molar refractivity (Wildman–Crippen MR) is 126 cm³/mol. The molecule has 0 radical (unpaired) electrons. The highest BCUT2D eigenvalue weighted by Crippen LogP contribution is 2.21. The third kappa shape index (κ3) is 5.26. The van der Waals surface area contributed by atoms with Crippen molar-refractivity contribution in [3.05, 3.63) is 89.7 Å². The lowest BCUT2D eigenvalue weighted by atomic mass is 10.0. The van der Waals surface area contributed by atoms with Crippen molar-refractivity contribution >= 4 is 11.0 Å². The Hall–Kier alpha value is -3.27. The van der Waals surface area contributed by atoms with Crippen LogP contribution < -0.4 is 9.47 Å². The number of aromatic nitrogens is 2. The summed E-state index contributed by atoms with van der Waals surface area (Å²) in [6.07, 6.45) is 0.893. The van der Waals surface area contributed by atoms with Gasteiger partial charge in [0.15, 0.2) is 0 Å². The topological polar surface area (TPSA) is 36.3 Å². The lowest BCUT2D eigenvalue weighted by Crippen LogP contribution is -2.10. The molecule has 0 saturated carbocycles. The van der Waals surface area contributed by atoms with Crippen LogP contribution in [0.4, 0.5) is 0 Å². The molecule has 0 N–H and O–H groups in total. The van der Waals surface area contributed by atoms with Crippen molar-refractivity contribution in [3.63, 3.8) is 0 Å². The van der Waals surface area contributed by atoms with Crippen LogP contribution in [0.2, 0.25) is 0 Å². The maximum Gasteiger partial charge on any atom is 0.147 e. The molecule has 0 unspecified atom stereocenters. The molecule has 0 fully saturated rings. The van der Waals surface area contributed by atoms with Crippen molar-refractivity contribution in [2.24, 2.45) is 0 Å². The van der Waals surface area contributed by atoms with Gasteiger partial charge in [-0.25, -0.2) is 4.98 Å². The molecule has 4 nitrogen and oxygen atoms in total. The average Bonchev–Trinajstić information content (AvgIpc) is 3.14. The van der Waals surface area contributed by atoms with E-state index in [0.29, 0.717) is 19.1 Å². The summed E-state index contributed by atoms with van der Waals surface area (Å²) in [4.78, 5) is 4.81. The molecule has 0 amide bonds. The van der Waals surface area contributed by atoms with Gasteiger partial charge in [-0.05, 0) is 61.2 Å². The van der Waals surface area contributed by atoms with Crippen molar-refractivity contribution in [2.45, 2.75) is 46.3 Å². The zero-order valence-electron chi connectivity index (χ0n) is 18.5. The highest BCUT2D eigenvalue weighted by Gasteiger charge is 2.11. The van der Waals surface area contributed by atoms with Crippen LogP contribution in [0.1, 0.15) is 43.1 Å². The van der Waals surface area contributed by atoms with Crippen molar-refractivity contribution in [1.29, 1.82) is 0 Å². The SMILES string of the molecule is Cc1ccc(OCc2nc3ccccc3n2CCCOc2ccc(C(C)C)cc2)cc1. The molecule has 0 saturated heterocycles. The predicted octanol–water partition coefficient (Wildman–Crippen LogP) is 6.52. The van der Waals surface area contributed by atoms with Gasteiger partial charge in [-0.15, -0.1) is 0 Å². The molecule has 0 bridgehead atoms. The summed E-state index contributed by atoms with van der Waals surface area (Å²) in [7, 11) is 0. The summed E-state index contributed by atoms with van der Waals surface area (Å²) >= 11 is 0. The number of nitrogens with zero attached hydrogens (tertiary/aromatic N) is 2. The standard InChI is InChI=1S/C27H30N2O2/c1-20(2)22-11-15-23(16-12-22)30-18-6-17-29-26-8-5-4-7-25(26)28-27(29)19-31-24-13-9-21(3)10-14-24/h4-5,7-16,20H,6,17-19H2,1-3H3. The number of ether oxygens (including phenoxy) is 2. The minimum atomic E-state index is 0.440. The van der Waals surface area contributed by atoms with Gasteiger partial charge in [-0.1, -0.05) is 55.8 Å². The summed E-state index contributed by atoms with van der Waals surface area (Å²) < 4.78 is 14.2. The van der Waals surface area contributed by atoms with Crippen molar-refractivity contribution in [1.82, 2.24) is 9.55 Å². The Balaban J connectivity index is 1.40. The van der Waals surface area contributed by atoms with Gasteiger partial charge in [0, 0.05) is 6.54 Å². The Kier molecular flexibility index (Phi) is 6.56. The number of fused-ring (bicyclic) bond motifs is 1. The molecular formula is C27H30N2O2. The minimum absolute atomic E-state index is 0.440. The molecule has 160 valence electrons. The Morgan fingerprint density at radius 3 is 2.26 bits per heavy atom. The molecule has 0 spiro atoms. The molecule has 31 heavy (non-hydrogen) atoms. The van der Waals surface area contributed by atoms with Gasteiger partial charge in [-0.2, -0.15) is 0 Å². The normalized spacial score (nSPS) is 11.2. The number of aryl methyl sites for hydroxylation is 2. The molecule has 1 heterocycles. The Labute approximate surface area is 184 Å². The quantitative estimate of drug-likeness (QED) is 0.293. The van der Waals surface area contributed by atoms with Gasteiger partial charge >= 0.3 is 0 Å². The third-order valence-electron chi connectivity index (χ3n) is 5.46. The van der Waals surface area contributed by atoms with Gasteiger partial charge < -0.3 is 14.0 Å². The van der Waals surface area contributed by atoms with Gasteiger partial charge in [0.1, 0.15) is 23.9 Å². The second-order valence-corrected chi connectivity index (χ2v) is 8.20. The fourth-order valence-electron chi connectivity index (χ4n) is 3.63. The Morgan fingerprint density at radius 1 is 0.839 bits per heavy atom. The summed E-state index contributed by atoms with van der Waals surface area (Å²) in [5, 5.41) is 0. The molecule has 0 aliphatic heterocycles. The average molecular weight is 415 g/mol. The van der Waals surface area contributed by atoms with Crippen molar-refractivity contribution in [3.8, 4) is 11.5 Å². The fraction of sp³-hybridized carbons (Fsp3) is 0.296. The lowest BCUT2D eigenvalue weighted by Gasteiger charge is -2.12. The monoisotopic (exact) mass is 414 g/mol. The van der Waals surface area contributed by atoms with E-state index in [2.05, 4.69) is 73.9 Å². The number of rotatable bonds is 9. The summed E-state index contributed by atoms with van der Waals surface area (Å²) in [5.74, 6) is 3.24. The molecular weight excluding hydrogens is 384 g/mol. The fourth-order valence-corrected chi connectivity index (χ4v) is 3.63. The van der Waals surface area contributed by atoms with Crippen molar-refractivity contribution < 1.29 is 9.47 Å². The van der Waals surface area contributed by atoms with Crippen molar-refractivity contribution in [2.75, 3.05) is 6.61 Å². The van der Waals surface area contributed by atoms with Gasteiger partial charge in [0.05, 0.1) is 17.6 Å². The first-order valence-electron chi connectivity index (χ1n) is 11.0. The second-order valence-electron chi connectivity index (χ2n) is 8.20. The van der Waals surface area contributed by atoms with Gasteiger partial charge in [0.2, 0.25) is 0 Å². The zero-order valence-corrected chi connectivity index (χ0v) is 18.5. The maximum atomic E-state index is 6.01. The second kappa shape index (κ2) is 9.69. The zero-order chi connectivity index (χ0) is 21.6. The number of imidazole rings is 1. The van der Waals surface area contributed by atoms with Crippen LogP contribution in [0, 0.1) is 6.92 Å². The van der Waals surface area contributed by atoms with Crippen LogP contribution >= 0.6 is 0 Å². The number of hydrogen-bond acceptors (Lipinski definition) is 3. The lowest BCUT2D eigenvalue weighted by molar-refractivity contribution is 0.280. The van der Waals surface area contributed by atoms with E-state index in [9.17, 15) is 0 Å². The molecule has 0 aliphatic rings. The van der Waals surface area contributed by atoms with E-state index in [1.807, 2.05) is 24.3 Å². The first kappa shape index (κ1) is 21.0. The molecule has 3 aromatic carbocycles. The van der Waals surface area contributed by atoms with Crippen LogP contribution in [0.15, 0.2) is 72.8 Å². The van der Waals surface area contributed by atoms with Crippen LogP contribution in [0.5, 0.6) is 11.5 Å². The molecule has 4 rings (SSSR count). The van der Waals surface area contributed by atoms with Crippen LogP contribution in [-0.2, 0) is 13.2 Å². The summed E-state index contributed by atoms with van der Waals surface area (Å²) in [6.45, 7) is 8.40. The van der Waals surface area contributed by atoms with E-state index < -0.39 is 0 Å². The van der Waals surface area contributed by atoms with E-state index in [-0.39, 0.29) is 0 Å². The molecule has 4 aromatic rings. The molecule has 0 aliphatic carbocycles. The van der Waals surface area contributed by atoms with Crippen LogP contribution in [-0.4, -0.2) is 16.2 Å². The Bertz CT molecular complexity index is 1110. The highest BCUT2D eigenvalue weighted by atomic mass is 16.5. The smallest absolute Gasteiger partial charge is 0.147 e. The molecule has 4 heteroatoms. The summed E-state index contributed by atoms with van der Waals surface area (Å²) in [5.41, 5.74) is 4.68. The summed E-state index contributed by atoms with van der Waals surface area (Å²) in [6, 6.07) is 24.8. The van der Waals surface area contributed by atoms with Crippen LogP contribution in [0.3, 0.4) is 0 Å². The van der Waals surface area contributed by atoms with E-state index >= 15 is 0 Å². The van der Waals surface area contributed by atoms with Gasteiger partial charge in [-0.3, -0.25) is 0 Å². The van der Waals surface area contributed by atoms with Crippen LogP contribution in [0.25, 0.3) is 11.0 Å². The van der Waals surface area contributed by atoms with E-state index in [1.54, 1.807) is 0 Å². The van der Waals surface area contributed by atoms with Gasteiger partial charge in [0.25, 0.3) is 0 Å². The van der Waals surface area contributed by atoms with E-state index in [1.165, 1.54) is 11.1 Å². The molecule has 0 atom stereocenters. The Morgan fingerprint density at radius 2 is 1.52 bits per heavy atom. The maximum absolute atomic E-state index is 6.01. The van der Waals surface area contributed by atoms with E-state index in [0.717, 1.165) is 41.3 Å². The first-order chi connectivity index (χ1) is 15.1. The minimum Gasteiger partial charge on any atom is -0.494 e. The number of benzene rings is 3. The number of hydrogen-bond donors (Lipinski definition) is 0. The number of para-hydroxylation sites is 2. The largest absolute Gasteiger partial charge is 0.494 e. The van der Waals surface area contributed by atoms with E-state index in [4.69, 9.17) is 14.5 Å². The third-order valence-corrected chi connectivity index (χ3v) is 5.46. The molecule has 1 aromatic heterocycles. The highest BCUT2D eigenvalue weighted by molar-refractivity contribution is 5.75. The first-order valence-corrected chi connectivity index (χ1v) is 11.0.